The van der Waals surface area contributed by atoms with Crippen LogP contribution in [0.1, 0.15) is 57.4 Å². The molecule has 3 rings (SSSR count). The van der Waals surface area contributed by atoms with Gasteiger partial charge in [0.25, 0.3) is 0 Å². The summed E-state index contributed by atoms with van der Waals surface area (Å²) >= 11 is 0. The molecule has 1 aromatic carbocycles. The van der Waals surface area contributed by atoms with Crippen molar-refractivity contribution in [3.05, 3.63) is 23.8 Å². The maximum atomic E-state index is 6.01. The number of hydrogen-bond acceptors (Lipinski definition) is 3. The largest absolute Gasteiger partial charge is 0.385 e. The third-order valence-electron chi connectivity index (χ3n) is 6.24. The lowest BCUT2D eigenvalue weighted by Gasteiger charge is -2.33. The molecule has 24 heavy (non-hydrogen) atoms. The Hall–Kier alpha value is -1.22. The van der Waals surface area contributed by atoms with Gasteiger partial charge in [0.2, 0.25) is 0 Å². The normalized spacial score (nSPS) is 25.7. The van der Waals surface area contributed by atoms with Gasteiger partial charge in [-0.1, -0.05) is 13.3 Å². The van der Waals surface area contributed by atoms with Gasteiger partial charge in [0.15, 0.2) is 0 Å². The molecule has 0 amide bonds. The van der Waals surface area contributed by atoms with Gasteiger partial charge in [-0.3, -0.25) is 0 Å². The molecule has 0 spiro atoms. The quantitative estimate of drug-likeness (QED) is 0.832. The van der Waals surface area contributed by atoms with Crippen LogP contribution >= 0.6 is 0 Å². The minimum Gasteiger partial charge on any atom is -0.385 e. The van der Waals surface area contributed by atoms with E-state index in [1.807, 2.05) is 0 Å². The number of rotatable bonds is 5. The summed E-state index contributed by atoms with van der Waals surface area (Å²) in [6, 6.07) is 7.40. The summed E-state index contributed by atoms with van der Waals surface area (Å²) in [6.07, 6.45) is 8.96. The average Bonchev–Trinajstić information content (AvgIpc) is 2.62. The summed E-state index contributed by atoms with van der Waals surface area (Å²) in [5, 5.41) is 3.68. The van der Waals surface area contributed by atoms with E-state index in [-0.39, 0.29) is 0 Å². The van der Waals surface area contributed by atoms with Crippen LogP contribution in [0.5, 0.6) is 0 Å². The highest BCUT2D eigenvalue weighted by atomic mass is 15.1. The number of anilines is 2. The van der Waals surface area contributed by atoms with Crippen LogP contribution in [0.3, 0.4) is 0 Å². The predicted molar refractivity (Wildman–Crippen MR) is 105 cm³/mol. The summed E-state index contributed by atoms with van der Waals surface area (Å²) in [4.78, 5) is 2.56. The molecule has 2 aliphatic rings. The zero-order valence-corrected chi connectivity index (χ0v) is 15.6. The Labute approximate surface area is 148 Å². The van der Waals surface area contributed by atoms with Crippen molar-refractivity contribution in [1.82, 2.24) is 0 Å². The summed E-state index contributed by atoms with van der Waals surface area (Å²) < 4.78 is 0. The van der Waals surface area contributed by atoms with Gasteiger partial charge in [0.05, 0.1) is 0 Å². The number of piperidine rings is 1. The van der Waals surface area contributed by atoms with Crippen molar-refractivity contribution in [1.29, 1.82) is 0 Å². The smallest absolute Gasteiger partial charge is 0.0371 e. The van der Waals surface area contributed by atoms with Crippen LogP contribution in [0.15, 0.2) is 18.2 Å². The molecule has 3 N–H and O–H groups in total. The lowest BCUT2D eigenvalue weighted by molar-refractivity contribution is 0.339. The Balaban J connectivity index is 1.53. The first kappa shape index (κ1) is 17.6. The molecule has 0 bridgehead atoms. The molecule has 1 saturated heterocycles. The van der Waals surface area contributed by atoms with Crippen LogP contribution in [0.25, 0.3) is 0 Å². The van der Waals surface area contributed by atoms with Crippen LogP contribution in [-0.2, 0) is 0 Å². The van der Waals surface area contributed by atoms with Crippen LogP contribution in [0, 0.1) is 18.8 Å². The Morgan fingerprint density at radius 3 is 2.38 bits per heavy atom. The first-order valence-electron chi connectivity index (χ1n) is 10.0. The molecule has 2 fully saturated rings. The fourth-order valence-electron chi connectivity index (χ4n) is 4.29. The van der Waals surface area contributed by atoms with Gasteiger partial charge in [-0.2, -0.15) is 0 Å². The van der Waals surface area contributed by atoms with E-state index in [0.29, 0.717) is 6.04 Å². The molecule has 1 saturated carbocycles. The van der Waals surface area contributed by atoms with Crippen molar-refractivity contribution in [3.8, 4) is 0 Å². The number of hydrogen-bond donors (Lipinski definition) is 2. The monoisotopic (exact) mass is 329 g/mol. The molecule has 3 heteroatoms. The molecule has 0 aromatic heterocycles. The van der Waals surface area contributed by atoms with Crippen LogP contribution in [-0.4, -0.2) is 25.7 Å². The van der Waals surface area contributed by atoms with E-state index in [1.165, 1.54) is 75.0 Å². The number of nitrogens with two attached hydrogens (primary N) is 1. The Morgan fingerprint density at radius 2 is 1.75 bits per heavy atom. The van der Waals surface area contributed by atoms with Gasteiger partial charge in [0.1, 0.15) is 0 Å². The second-order valence-corrected chi connectivity index (χ2v) is 8.00. The van der Waals surface area contributed by atoms with Gasteiger partial charge in [-0.05, 0) is 81.0 Å². The van der Waals surface area contributed by atoms with Crippen molar-refractivity contribution in [2.24, 2.45) is 17.6 Å². The number of nitrogens with one attached hydrogen (secondary N) is 1. The lowest BCUT2D eigenvalue weighted by atomic mass is 9.86. The molecule has 0 radical (unpaired) electrons. The maximum Gasteiger partial charge on any atom is 0.0371 e. The third kappa shape index (κ3) is 4.44. The van der Waals surface area contributed by atoms with Gasteiger partial charge in [0, 0.05) is 37.1 Å². The van der Waals surface area contributed by atoms with E-state index < -0.39 is 0 Å². The zero-order valence-electron chi connectivity index (χ0n) is 15.6. The molecular weight excluding hydrogens is 294 g/mol. The molecular formula is C21H35N3. The van der Waals surface area contributed by atoms with E-state index in [1.54, 1.807) is 0 Å². The van der Waals surface area contributed by atoms with Gasteiger partial charge >= 0.3 is 0 Å². The van der Waals surface area contributed by atoms with Gasteiger partial charge in [-0.25, -0.2) is 0 Å². The molecule has 1 heterocycles. The minimum absolute atomic E-state index is 0.444. The molecule has 1 aliphatic heterocycles. The Morgan fingerprint density at radius 1 is 1.04 bits per heavy atom. The van der Waals surface area contributed by atoms with Crippen molar-refractivity contribution in [2.75, 3.05) is 29.9 Å². The highest BCUT2D eigenvalue weighted by molar-refractivity contribution is 5.60. The average molecular weight is 330 g/mol. The highest BCUT2D eigenvalue weighted by Crippen LogP contribution is 2.29. The van der Waals surface area contributed by atoms with Crippen LogP contribution < -0.4 is 16.0 Å². The van der Waals surface area contributed by atoms with Gasteiger partial charge in [-0.15, -0.1) is 0 Å². The highest BCUT2D eigenvalue weighted by Gasteiger charge is 2.20. The van der Waals surface area contributed by atoms with E-state index >= 15 is 0 Å². The first-order chi connectivity index (χ1) is 11.7. The number of benzene rings is 1. The van der Waals surface area contributed by atoms with E-state index in [9.17, 15) is 0 Å². The lowest BCUT2D eigenvalue weighted by Crippen LogP contribution is -2.33. The van der Waals surface area contributed by atoms with Crippen molar-refractivity contribution in [2.45, 2.75) is 64.8 Å². The molecule has 0 unspecified atom stereocenters. The summed E-state index contributed by atoms with van der Waals surface area (Å²) in [6.45, 7) is 8.08. The van der Waals surface area contributed by atoms with Crippen molar-refractivity contribution < 1.29 is 0 Å². The standard InChI is InChI=1S/C21H35N3/c1-3-17-10-12-24(13-11-17)20-8-9-21(16(2)14-20)23-15-18-4-6-19(22)7-5-18/h8-9,14,17-19,23H,3-7,10-13,15,22H2,1-2H3/t18-,19-. The Kier molecular flexibility index (Phi) is 6.04. The number of aryl methyl sites for hydroxylation is 1. The third-order valence-corrected chi connectivity index (χ3v) is 6.24. The minimum atomic E-state index is 0.444. The van der Waals surface area contributed by atoms with E-state index in [2.05, 4.69) is 42.3 Å². The Bertz CT molecular complexity index is 512. The van der Waals surface area contributed by atoms with Crippen molar-refractivity contribution >= 4 is 11.4 Å². The fraction of sp³-hybridized carbons (Fsp3) is 0.714. The maximum absolute atomic E-state index is 6.01. The second-order valence-electron chi connectivity index (χ2n) is 8.00. The summed E-state index contributed by atoms with van der Waals surface area (Å²) in [5.74, 6) is 1.73. The van der Waals surface area contributed by atoms with Crippen LogP contribution in [0.4, 0.5) is 11.4 Å². The summed E-state index contributed by atoms with van der Waals surface area (Å²) in [5.41, 5.74) is 10.1. The molecule has 1 aliphatic carbocycles. The second kappa shape index (κ2) is 8.24. The predicted octanol–water partition coefficient (Wildman–Crippen LogP) is 4.55. The topological polar surface area (TPSA) is 41.3 Å². The number of nitrogens with zero attached hydrogens (tertiary/aromatic N) is 1. The molecule has 1 aromatic rings. The van der Waals surface area contributed by atoms with Crippen molar-refractivity contribution in [3.63, 3.8) is 0 Å². The van der Waals surface area contributed by atoms with E-state index in [4.69, 9.17) is 5.73 Å². The first-order valence-corrected chi connectivity index (χ1v) is 10.0. The molecule has 0 atom stereocenters. The molecule has 3 nitrogen and oxygen atoms in total. The van der Waals surface area contributed by atoms with Gasteiger partial charge < -0.3 is 16.0 Å². The summed E-state index contributed by atoms with van der Waals surface area (Å²) in [7, 11) is 0. The van der Waals surface area contributed by atoms with Crippen LogP contribution in [0.2, 0.25) is 0 Å². The SMILES string of the molecule is CCC1CCN(c2ccc(NC[C@H]3CC[C@H](N)CC3)c(C)c2)CC1. The fourth-order valence-corrected chi connectivity index (χ4v) is 4.29. The van der Waals surface area contributed by atoms with E-state index in [0.717, 1.165) is 18.4 Å². The molecule has 134 valence electrons. The zero-order chi connectivity index (χ0) is 16.9.